The molecule has 0 spiro atoms. The number of hydrogen-bond acceptors (Lipinski definition) is 6. The molecule has 2 aromatic rings. The summed E-state index contributed by atoms with van der Waals surface area (Å²) in [6.45, 7) is 7.90. The minimum absolute atomic E-state index is 0.681. The lowest BCUT2D eigenvalue weighted by molar-refractivity contribution is -0.886. The summed E-state index contributed by atoms with van der Waals surface area (Å²) < 4.78 is 24.1. The van der Waals surface area contributed by atoms with Crippen LogP contribution in [-0.2, 0) is 14.5 Å². The highest BCUT2D eigenvalue weighted by Gasteiger charge is 2.00. The van der Waals surface area contributed by atoms with Crippen molar-refractivity contribution in [1.29, 1.82) is 0 Å². The molecule has 0 aliphatic carbocycles. The third-order valence-electron chi connectivity index (χ3n) is 2.57. The summed E-state index contributed by atoms with van der Waals surface area (Å²) in [6.07, 6.45) is 7.65. The topological polar surface area (TPSA) is 106 Å². The average molecular weight is 372 g/mol. The minimum Gasteiger partial charge on any atom is -0.707 e. The SMILES string of the molecule is CO[n+]1cc(C)cc(C)c1.CS(=O)(=O)O[O-].Cc1cc(C)c[n+]([O-])c1. The van der Waals surface area contributed by atoms with Crippen molar-refractivity contribution in [3.8, 4) is 0 Å². The Bertz CT molecular complexity index is 707. The Kier molecular flexibility index (Phi) is 9.65. The van der Waals surface area contributed by atoms with Crippen LogP contribution >= 0.6 is 0 Å². The summed E-state index contributed by atoms with van der Waals surface area (Å²) in [4.78, 5) is 4.99. The van der Waals surface area contributed by atoms with E-state index in [4.69, 9.17) is 10.1 Å². The first-order valence-corrected chi connectivity index (χ1v) is 9.01. The van der Waals surface area contributed by atoms with Gasteiger partial charge >= 0.3 is 0 Å². The predicted octanol–water partition coefficient (Wildman–Crippen LogP) is -0.176. The third kappa shape index (κ3) is 11.9. The van der Waals surface area contributed by atoms with E-state index in [-0.39, 0.29) is 0 Å². The van der Waals surface area contributed by atoms with Crippen LogP contribution in [0, 0.1) is 32.9 Å². The molecule has 8 nitrogen and oxygen atoms in total. The molecule has 0 unspecified atom stereocenters. The van der Waals surface area contributed by atoms with Gasteiger partial charge in [0.25, 0.3) is 10.1 Å². The van der Waals surface area contributed by atoms with Gasteiger partial charge in [-0.25, -0.2) is 8.42 Å². The van der Waals surface area contributed by atoms with Crippen LogP contribution in [0.3, 0.4) is 0 Å². The smallest absolute Gasteiger partial charge is 0.255 e. The second-order valence-electron chi connectivity index (χ2n) is 5.46. The molecule has 2 rings (SSSR count). The van der Waals surface area contributed by atoms with Crippen LogP contribution in [0.5, 0.6) is 0 Å². The van der Waals surface area contributed by atoms with Gasteiger partial charge in [0.2, 0.25) is 12.4 Å². The van der Waals surface area contributed by atoms with Crippen molar-refractivity contribution in [2.45, 2.75) is 27.7 Å². The van der Waals surface area contributed by atoms with Gasteiger partial charge in [-0.15, -0.1) is 0 Å². The first kappa shape index (κ1) is 22.8. The van der Waals surface area contributed by atoms with Crippen molar-refractivity contribution in [1.82, 2.24) is 0 Å². The van der Waals surface area contributed by atoms with Crippen LogP contribution in [0.25, 0.3) is 0 Å². The first-order chi connectivity index (χ1) is 11.5. The highest BCUT2D eigenvalue weighted by molar-refractivity contribution is 7.85. The van der Waals surface area contributed by atoms with Gasteiger partial charge in [0.05, 0.1) is 6.26 Å². The Morgan fingerprint density at radius 2 is 1.20 bits per heavy atom. The van der Waals surface area contributed by atoms with E-state index < -0.39 is 10.1 Å². The molecule has 0 saturated carbocycles. The van der Waals surface area contributed by atoms with Crippen LogP contribution in [0.4, 0.5) is 0 Å². The first-order valence-electron chi connectivity index (χ1n) is 7.19. The normalized spacial score (nSPS) is 10.0. The van der Waals surface area contributed by atoms with Crippen molar-refractivity contribution < 1.29 is 32.3 Å². The van der Waals surface area contributed by atoms with Gasteiger partial charge in [-0.05, 0) is 39.8 Å². The molecular weight excluding hydrogens is 348 g/mol. The number of rotatable bonds is 2. The second-order valence-corrected chi connectivity index (χ2v) is 7.00. The summed E-state index contributed by atoms with van der Waals surface area (Å²) >= 11 is 0. The molecule has 0 bridgehead atoms. The molecule has 0 amide bonds. The molecule has 0 aliphatic heterocycles. The van der Waals surface area contributed by atoms with Crippen LogP contribution in [0.2, 0.25) is 0 Å². The van der Waals surface area contributed by atoms with E-state index in [0.29, 0.717) is 6.26 Å². The number of hydrogen-bond donors (Lipinski definition) is 0. The number of nitrogens with zero attached hydrogens (tertiary/aromatic N) is 2. The highest BCUT2D eigenvalue weighted by atomic mass is 32.2. The lowest BCUT2D eigenvalue weighted by atomic mass is 10.2. The summed E-state index contributed by atoms with van der Waals surface area (Å²) in [5.41, 5.74) is 4.43. The quantitative estimate of drug-likeness (QED) is 0.313. The van der Waals surface area contributed by atoms with E-state index in [1.165, 1.54) is 11.1 Å². The van der Waals surface area contributed by atoms with Crippen LogP contribution < -0.4 is 19.6 Å². The third-order valence-corrected chi connectivity index (χ3v) is 2.82. The largest absolute Gasteiger partial charge is 0.707 e. The van der Waals surface area contributed by atoms with Crippen molar-refractivity contribution >= 4 is 10.1 Å². The zero-order chi connectivity index (χ0) is 19.6. The molecule has 0 N–H and O–H groups in total. The summed E-state index contributed by atoms with van der Waals surface area (Å²) in [7, 11) is -2.07. The average Bonchev–Trinajstić information content (AvgIpc) is 2.45. The van der Waals surface area contributed by atoms with Crippen molar-refractivity contribution in [2.24, 2.45) is 0 Å². The van der Waals surface area contributed by atoms with Gasteiger partial charge in [0.15, 0.2) is 12.4 Å². The summed E-state index contributed by atoms with van der Waals surface area (Å²) in [5, 5.41) is 19.5. The standard InChI is InChI=1S/C8H12NO.C7H9NO.CH4O4S/c1-7-4-8(2)6-9(5-7)10-3;1-6-3-7(2)5-8(9)4-6;1-6(3,4)5-2/h4-6H,1-3H3;3-5H,1-2H3;2H,1H3/q+1;;/p-1. The van der Waals surface area contributed by atoms with Gasteiger partial charge in [0.1, 0.15) is 7.11 Å². The fourth-order valence-electron chi connectivity index (χ4n) is 1.85. The Morgan fingerprint density at radius 1 is 0.880 bits per heavy atom. The molecule has 0 saturated heterocycles. The Hall–Kier alpha value is -2.23. The van der Waals surface area contributed by atoms with E-state index >= 15 is 0 Å². The van der Waals surface area contributed by atoms with Crippen molar-refractivity contribution in [2.75, 3.05) is 13.4 Å². The molecule has 2 heterocycles. The van der Waals surface area contributed by atoms with E-state index in [0.717, 1.165) is 15.9 Å². The maximum absolute atomic E-state index is 10.6. The van der Waals surface area contributed by atoms with Crippen molar-refractivity contribution in [3.05, 3.63) is 64.4 Å². The monoisotopic (exact) mass is 372 g/mol. The Labute approximate surface area is 148 Å². The van der Waals surface area contributed by atoms with E-state index in [1.807, 2.05) is 46.2 Å². The van der Waals surface area contributed by atoms with Gasteiger partial charge in [0, 0.05) is 27.0 Å². The zero-order valence-electron chi connectivity index (χ0n) is 15.2. The molecule has 0 aliphatic rings. The molecule has 0 atom stereocenters. The Morgan fingerprint density at radius 3 is 1.44 bits per heavy atom. The maximum atomic E-state index is 10.6. The Balaban J connectivity index is 0.000000358. The van der Waals surface area contributed by atoms with Gasteiger partial charge in [-0.1, -0.05) is 0 Å². The molecule has 0 aromatic carbocycles. The van der Waals surface area contributed by atoms with Crippen LogP contribution in [0.1, 0.15) is 22.3 Å². The second kappa shape index (κ2) is 10.6. The summed E-state index contributed by atoms with van der Waals surface area (Å²) in [6, 6.07) is 4.07. The molecule has 2 aromatic heterocycles. The molecule has 25 heavy (non-hydrogen) atoms. The number of aryl methyl sites for hydroxylation is 4. The lowest BCUT2D eigenvalue weighted by Gasteiger charge is -1.97. The van der Waals surface area contributed by atoms with E-state index in [9.17, 15) is 13.6 Å². The minimum atomic E-state index is -3.72. The fourth-order valence-corrected chi connectivity index (χ4v) is 1.85. The fraction of sp³-hybridized carbons (Fsp3) is 0.375. The molecule has 140 valence electrons. The highest BCUT2D eigenvalue weighted by Crippen LogP contribution is 1.96. The molecular formula is C16H24N2O6S. The van der Waals surface area contributed by atoms with Crippen LogP contribution in [-0.4, -0.2) is 21.8 Å². The summed E-state index contributed by atoms with van der Waals surface area (Å²) in [5.74, 6) is 0. The molecule has 9 heteroatoms. The predicted molar refractivity (Wildman–Crippen MR) is 89.4 cm³/mol. The van der Waals surface area contributed by atoms with E-state index in [1.54, 1.807) is 24.2 Å². The lowest BCUT2D eigenvalue weighted by Crippen LogP contribution is -2.40. The van der Waals surface area contributed by atoms with E-state index in [2.05, 4.69) is 10.4 Å². The van der Waals surface area contributed by atoms with Gasteiger partial charge < -0.3 is 14.8 Å². The van der Waals surface area contributed by atoms with Gasteiger partial charge in [-0.2, -0.15) is 4.73 Å². The number of aromatic nitrogens is 2. The molecule has 0 fully saturated rings. The number of pyridine rings is 2. The van der Waals surface area contributed by atoms with Crippen molar-refractivity contribution in [3.63, 3.8) is 0 Å². The molecule has 0 radical (unpaired) electrons. The van der Waals surface area contributed by atoms with Crippen LogP contribution in [0.15, 0.2) is 36.9 Å². The zero-order valence-corrected chi connectivity index (χ0v) is 16.0. The maximum Gasteiger partial charge on any atom is 0.255 e. The van der Waals surface area contributed by atoms with Gasteiger partial charge in [-0.3, -0.25) is 4.84 Å².